The highest BCUT2D eigenvalue weighted by atomic mass is 35.5. The van der Waals surface area contributed by atoms with Crippen molar-refractivity contribution in [2.45, 2.75) is 6.04 Å². The van der Waals surface area contributed by atoms with E-state index in [2.05, 4.69) is 4.99 Å². The summed E-state index contributed by atoms with van der Waals surface area (Å²) >= 11 is 5.59. The molecule has 1 aliphatic heterocycles. The number of carbonyl (C=O) groups excluding carboxylic acids is 2. The van der Waals surface area contributed by atoms with Crippen molar-refractivity contribution in [1.82, 2.24) is 0 Å². The molecule has 2 aliphatic rings. The number of nitrogens with zero attached hydrogens (tertiary/aromatic N) is 1. The van der Waals surface area contributed by atoms with Crippen LogP contribution >= 0.6 is 11.6 Å². The number of dihydropyridines is 1. The Bertz CT molecular complexity index is 368. The molecule has 2 unspecified atom stereocenters. The van der Waals surface area contributed by atoms with Crippen LogP contribution in [0, 0.1) is 5.92 Å². The fourth-order valence-electron chi connectivity index (χ4n) is 1.43. The van der Waals surface area contributed by atoms with Crippen molar-refractivity contribution < 1.29 is 9.59 Å². The minimum atomic E-state index is -0.583. The van der Waals surface area contributed by atoms with Crippen molar-refractivity contribution >= 4 is 29.4 Å². The SMILES string of the molecule is O=C1C(Cl)=CC(=O)C2N=CC=CC12. The summed E-state index contributed by atoms with van der Waals surface area (Å²) in [5.74, 6) is -0.912. The minimum absolute atomic E-state index is 0.00741. The van der Waals surface area contributed by atoms with E-state index >= 15 is 0 Å². The highest BCUT2D eigenvalue weighted by Gasteiger charge is 2.36. The summed E-state index contributed by atoms with van der Waals surface area (Å²) in [6, 6.07) is -0.583. The van der Waals surface area contributed by atoms with Crippen LogP contribution in [0.3, 0.4) is 0 Å². The lowest BCUT2D eigenvalue weighted by molar-refractivity contribution is -0.124. The molecule has 66 valence electrons. The van der Waals surface area contributed by atoms with Crippen molar-refractivity contribution in [3.05, 3.63) is 23.3 Å². The summed E-state index contributed by atoms with van der Waals surface area (Å²) in [6.07, 6.45) is 6.00. The minimum Gasteiger partial charge on any atom is -0.292 e. The van der Waals surface area contributed by atoms with Gasteiger partial charge in [0.25, 0.3) is 0 Å². The summed E-state index contributed by atoms with van der Waals surface area (Å²) in [6.45, 7) is 0. The Morgan fingerprint density at radius 3 is 2.92 bits per heavy atom. The average Bonchev–Trinajstić information content (AvgIpc) is 2.15. The molecule has 2 rings (SSSR count). The van der Waals surface area contributed by atoms with E-state index < -0.39 is 12.0 Å². The zero-order valence-corrected chi connectivity index (χ0v) is 7.36. The standard InChI is InChI=1S/C9H6ClNO2/c10-6-4-7(12)8-5(9(6)13)2-1-3-11-8/h1-5,8H. The summed E-state index contributed by atoms with van der Waals surface area (Å²) in [5.41, 5.74) is 0. The van der Waals surface area contributed by atoms with Crippen molar-refractivity contribution in [2.75, 3.05) is 0 Å². The van der Waals surface area contributed by atoms with E-state index in [1.165, 1.54) is 6.21 Å². The molecule has 2 atom stereocenters. The van der Waals surface area contributed by atoms with Gasteiger partial charge in [0.1, 0.15) is 6.04 Å². The first kappa shape index (κ1) is 8.38. The number of hydrogen-bond donors (Lipinski definition) is 0. The van der Waals surface area contributed by atoms with Gasteiger partial charge >= 0.3 is 0 Å². The Morgan fingerprint density at radius 2 is 2.15 bits per heavy atom. The molecule has 0 saturated carbocycles. The van der Waals surface area contributed by atoms with Gasteiger partial charge in [0, 0.05) is 12.3 Å². The van der Waals surface area contributed by atoms with Gasteiger partial charge in [-0.15, -0.1) is 0 Å². The highest BCUT2D eigenvalue weighted by Crippen LogP contribution is 2.26. The lowest BCUT2D eigenvalue weighted by atomic mass is 9.86. The first-order valence-electron chi connectivity index (χ1n) is 3.85. The van der Waals surface area contributed by atoms with Crippen LogP contribution in [0.5, 0.6) is 0 Å². The molecule has 13 heavy (non-hydrogen) atoms. The molecule has 0 bridgehead atoms. The number of rotatable bonds is 0. The maximum atomic E-state index is 11.4. The number of ketones is 2. The number of hydrogen-bond acceptors (Lipinski definition) is 3. The Hall–Kier alpha value is -1.22. The molecule has 3 nitrogen and oxygen atoms in total. The number of allylic oxidation sites excluding steroid dienone is 2. The number of halogens is 1. The molecule has 0 aromatic carbocycles. The van der Waals surface area contributed by atoms with Gasteiger partial charge in [0.15, 0.2) is 11.6 Å². The van der Waals surface area contributed by atoms with Crippen molar-refractivity contribution in [3.8, 4) is 0 Å². The molecule has 1 heterocycles. The van der Waals surface area contributed by atoms with E-state index in [0.29, 0.717) is 0 Å². The maximum Gasteiger partial charge on any atom is 0.183 e. The maximum absolute atomic E-state index is 11.4. The number of aliphatic imine (C=N–C) groups is 1. The monoisotopic (exact) mass is 195 g/mol. The van der Waals surface area contributed by atoms with Crippen LogP contribution in [0.1, 0.15) is 0 Å². The largest absolute Gasteiger partial charge is 0.292 e. The molecule has 0 aromatic rings. The molecule has 0 radical (unpaired) electrons. The Labute approximate surface area is 79.8 Å². The number of Topliss-reactive ketones (excluding diaryl/α,β-unsaturated/α-hetero) is 1. The van der Waals surface area contributed by atoms with Gasteiger partial charge in [-0.2, -0.15) is 0 Å². The molecular weight excluding hydrogens is 190 g/mol. The molecular formula is C9H6ClNO2. The highest BCUT2D eigenvalue weighted by molar-refractivity contribution is 6.45. The molecule has 0 saturated heterocycles. The van der Waals surface area contributed by atoms with Crippen LogP contribution in [0.15, 0.2) is 28.3 Å². The van der Waals surface area contributed by atoms with E-state index in [1.807, 2.05) is 0 Å². The van der Waals surface area contributed by atoms with E-state index in [0.717, 1.165) is 6.08 Å². The fourth-order valence-corrected chi connectivity index (χ4v) is 1.67. The van der Waals surface area contributed by atoms with Crippen molar-refractivity contribution in [2.24, 2.45) is 10.9 Å². The second-order valence-corrected chi connectivity index (χ2v) is 3.32. The van der Waals surface area contributed by atoms with Gasteiger partial charge < -0.3 is 0 Å². The van der Waals surface area contributed by atoms with Crippen LogP contribution < -0.4 is 0 Å². The molecule has 1 aliphatic carbocycles. The van der Waals surface area contributed by atoms with Crippen molar-refractivity contribution in [1.29, 1.82) is 0 Å². The van der Waals surface area contributed by atoms with Crippen LogP contribution in [-0.4, -0.2) is 23.8 Å². The van der Waals surface area contributed by atoms with Crippen LogP contribution in [0.4, 0.5) is 0 Å². The second kappa shape index (κ2) is 2.92. The summed E-state index contributed by atoms with van der Waals surface area (Å²) in [5, 5.41) is 0.00741. The Morgan fingerprint density at radius 1 is 1.38 bits per heavy atom. The second-order valence-electron chi connectivity index (χ2n) is 2.91. The van der Waals surface area contributed by atoms with E-state index in [4.69, 9.17) is 11.6 Å². The van der Waals surface area contributed by atoms with E-state index in [9.17, 15) is 9.59 Å². The molecule has 0 spiro atoms. The quantitative estimate of drug-likeness (QED) is 0.576. The van der Waals surface area contributed by atoms with Gasteiger partial charge in [-0.25, -0.2) is 0 Å². The van der Waals surface area contributed by atoms with Gasteiger partial charge in [-0.05, 0) is 6.08 Å². The summed E-state index contributed by atoms with van der Waals surface area (Å²) in [7, 11) is 0. The molecule has 0 amide bonds. The van der Waals surface area contributed by atoms with Crippen LogP contribution in [0.25, 0.3) is 0 Å². The third-order valence-corrected chi connectivity index (χ3v) is 2.39. The molecule has 4 heteroatoms. The Kier molecular flexibility index (Phi) is 1.88. The predicted molar refractivity (Wildman–Crippen MR) is 48.9 cm³/mol. The summed E-state index contributed by atoms with van der Waals surface area (Å²) < 4.78 is 0. The third kappa shape index (κ3) is 1.25. The first-order valence-corrected chi connectivity index (χ1v) is 4.23. The van der Waals surface area contributed by atoms with Gasteiger partial charge in [0.2, 0.25) is 0 Å². The summed E-state index contributed by atoms with van der Waals surface area (Å²) in [4.78, 5) is 26.7. The predicted octanol–water partition coefficient (Wildman–Crippen LogP) is 0.886. The van der Waals surface area contributed by atoms with Crippen LogP contribution in [0.2, 0.25) is 0 Å². The number of carbonyl (C=O) groups is 2. The van der Waals surface area contributed by atoms with Crippen LogP contribution in [-0.2, 0) is 9.59 Å². The normalized spacial score (nSPS) is 31.6. The Balaban J connectivity index is 2.45. The zero-order chi connectivity index (χ0) is 9.42. The van der Waals surface area contributed by atoms with Crippen molar-refractivity contribution in [3.63, 3.8) is 0 Å². The molecule has 0 fully saturated rings. The average molecular weight is 196 g/mol. The van der Waals surface area contributed by atoms with Gasteiger partial charge in [-0.3, -0.25) is 14.6 Å². The number of fused-ring (bicyclic) bond motifs is 1. The van der Waals surface area contributed by atoms with E-state index in [1.54, 1.807) is 12.2 Å². The van der Waals surface area contributed by atoms with E-state index in [-0.39, 0.29) is 16.6 Å². The smallest absolute Gasteiger partial charge is 0.183 e. The fraction of sp³-hybridized carbons (Fsp3) is 0.222. The van der Waals surface area contributed by atoms with Gasteiger partial charge in [-0.1, -0.05) is 17.7 Å². The zero-order valence-electron chi connectivity index (χ0n) is 6.61. The topological polar surface area (TPSA) is 46.5 Å². The first-order chi connectivity index (χ1) is 6.20. The van der Waals surface area contributed by atoms with Gasteiger partial charge in [0.05, 0.1) is 11.0 Å². The lowest BCUT2D eigenvalue weighted by Gasteiger charge is -2.23. The molecule has 0 N–H and O–H groups in total. The molecule has 0 aromatic heterocycles. The third-order valence-electron chi connectivity index (χ3n) is 2.09. The lowest BCUT2D eigenvalue weighted by Crippen LogP contribution is -2.37.